The number of hydrogen-bond acceptors (Lipinski definition) is 5. The number of aromatic carboxylic acids is 1. The molecule has 0 spiro atoms. The van der Waals surface area contributed by atoms with E-state index in [0.29, 0.717) is 28.0 Å². The number of carbonyl (C=O) groups is 1. The second-order valence-corrected chi connectivity index (χ2v) is 8.18. The number of fused-ring (bicyclic) bond motifs is 1. The lowest BCUT2D eigenvalue weighted by Crippen LogP contribution is -2.13. The smallest absolute Gasteiger partial charge is 0.337 e. The molecule has 6 nitrogen and oxygen atoms in total. The van der Waals surface area contributed by atoms with Gasteiger partial charge in [-0.3, -0.25) is 9.00 Å². The van der Waals surface area contributed by atoms with Gasteiger partial charge in [0.1, 0.15) is 5.58 Å². The van der Waals surface area contributed by atoms with Crippen LogP contribution in [-0.2, 0) is 10.8 Å². The van der Waals surface area contributed by atoms with Gasteiger partial charge in [-0.1, -0.05) is 25.1 Å². The molecule has 1 heterocycles. The minimum absolute atomic E-state index is 0.142. The van der Waals surface area contributed by atoms with Crippen molar-refractivity contribution in [2.45, 2.75) is 31.9 Å². The number of nitrogens with one attached hydrogen (secondary N) is 1. The second kappa shape index (κ2) is 7.98. The quantitative estimate of drug-likeness (QED) is 0.648. The molecule has 28 heavy (non-hydrogen) atoms. The number of aryl methyl sites for hydroxylation is 1. The Kier molecular flexibility index (Phi) is 5.65. The van der Waals surface area contributed by atoms with Crippen LogP contribution in [-0.4, -0.2) is 21.0 Å². The Morgan fingerprint density at radius 3 is 2.64 bits per heavy atom. The van der Waals surface area contributed by atoms with E-state index in [9.17, 15) is 18.9 Å². The van der Waals surface area contributed by atoms with Gasteiger partial charge in [-0.2, -0.15) is 0 Å². The molecule has 2 aromatic carbocycles. The van der Waals surface area contributed by atoms with E-state index in [-0.39, 0.29) is 22.1 Å². The molecule has 0 saturated heterocycles. The van der Waals surface area contributed by atoms with Gasteiger partial charge in [-0.25, -0.2) is 4.79 Å². The van der Waals surface area contributed by atoms with E-state index >= 15 is 0 Å². The highest BCUT2D eigenvalue weighted by Gasteiger charge is 2.19. The van der Waals surface area contributed by atoms with Crippen LogP contribution >= 0.6 is 0 Å². The van der Waals surface area contributed by atoms with Gasteiger partial charge in [0.05, 0.1) is 27.8 Å². The number of carboxylic acid groups (broad SMARTS) is 1. The van der Waals surface area contributed by atoms with Crippen LogP contribution < -0.4 is 10.7 Å². The van der Waals surface area contributed by atoms with Crippen LogP contribution in [0.15, 0.2) is 56.8 Å². The van der Waals surface area contributed by atoms with Crippen molar-refractivity contribution in [1.29, 1.82) is 0 Å². The van der Waals surface area contributed by atoms with Crippen LogP contribution in [0.3, 0.4) is 0 Å². The highest BCUT2D eigenvalue weighted by molar-refractivity contribution is 7.84. The largest absolute Gasteiger partial charge is 0.478 e. The maximum atomic E-state index is 12.6. The van der Waals surface area contributed by atoms with Crippen molar-refractivity contribution in [2.75, 3.05) is 11.1 Å². The highest BCUT2D eigenvalue weighted by atomic mass is 32.2. The van der Waals surface area contributed by atoms with E-state index in [0.717, 1.165) is 5.56 Å². The number of hydrogen-bond donors (Lipinski definition) is 2. The third kappa shape index (κ3) is 3.84. The standard InChI is InChI=1S/C21H21NO5S/c1-4-28(26)19-11-18(23)16-10-12(2)9-15(20(16)27-19)13(3)22-17-8-6-5-7-14(17)21(24)25/h5-11,13,22H,4H2,1-3H3,(H,24,25)/t13-,28?/m1/s1. The predicted molar refractivity (Wildman–Crippen MR) is 110 cm³/mol. The van der Waals surface area contributed by atoms with Gasteiger partial charge in [0.15, 0.2) is 10.5 Å². The zero-order valence-electron chi connectivity index (χ0n) is 15.8. The first-order valence-corrected chi connectivity index (χ1v) is 10.2. The molecule has 0 aliphatic heterocycles. The summed E-state index contributed by atoms with van der Waals surface area (Å²) < 4.78 is 18.0. The van der Waals surface area contributed by atoms with Gasteiger partial charge < -0.3 is 14.8 Å². The van der Waals surface area contributed by atoms with Crippen LogP contribution in [0.2, 0.25) is 0 Å². The summed E-state index contributed by atoms with van der Waals surface area (Å²) in [7, 11) is -1.40. The molecule has 3 rings (SSSR count). The Labute approximate surface area is 164 Å². The predicted octanol–water partition coefficient (Wildman–Crippen LogP) is 4.10. The molecular weight excluding hydrogens is 378 g/mol. The van der Waals surface area contributed by atoms with Gasteiger partial charge in [0, 0.05) is 23.1 Å². The fraction of sp³-hybridized carbons (Fsp3) is 0.238. The number of rotatable bonds is 6. The summed E-state index contributed by atoms with van der Waals surface area (Å²) in [6, 6.07) is 11.2. The van der Waals surface area contributed by atoms with Crippen LogP contribution in [0.5, 0.6) is 0 Å². The van der Waals surface area contributed by atoms with Crippen molar-refractivity contribution >= 4 is 33.4 Å². The maximum absolute atomic E-state index is 12.6. The minimum atomic E-state index is -1.40. The lowest BCUT2D eigenvalue weighted by molar-refractivity contribution is 0.0698. The van der Waals surface area contributed by atoms with E-state index in [4.69, 9.17) is 4.42 Å². The van der Waals surface area contributed by atoms with Crippen LogP contribution in [0.1, 0.15) is 41.4 Å². The first kappa shape index (κ1) is 19.8. The molecule has 146 valence electrons. The van der Waals surface area contributed by atoms with Crippen molar-refractivity contribution < 1.29 is 18.5 Å². The molecule has 0 saturated carbocycles. The number of carboxylic acids is 1. The lowest BCUT2D eigenvalue weighted by atomic mass is 10.0. The first-order valence-electron chi connectivity index (χ1n) is 8.87. The Balaban J connectivity index is 2.14. The fourth-order valence-electron chi connectivity index (χ4n) is 3.10. The summed E-state index contributed by atoms with van der Waals surface area (Å²) in [5, 5.41) is 13.1. The average Bonchev–Trinajstić information content (AvgIpc) is 2.67. The van der Waals surface area contributed by atoms with Crippen molar-refractivity contribution in [2.24, 2.45) is 0 Å². The Morgan fingerprint density at radius 1 is 1.25 bits per heavy atom. The highest BCUT2D eigenvalue weighted by Crippen LogP contribution is 2.29. The zero-order chi connectivity index (χ0) is 20.4. The molecule has 0 bridgehead atoms. The van der Waals surface area contributed by atoms with E-state index in [1.54, 1.807) is 31.2 Å². The van der Waals surface area contributed by atoms with Gasteiger partial charge in [-0.15, -0.1) is 0 Å². The lowest BCUT2D eigenvalue weighted by Gasteiger charge is -2.19. The zero-order valence-corrected chi connectivity index (χ0v) is 16.6. The third-order valence-electron chi connectivity index (χ3n) is 4.46. The molecule has 0 aliphatic carbocycles. The molecule has 0 radical (unpaired) electrons. The van der Waals surface area contributed by atoms with Crippen molar-refractivity contribution in [3.8, 4) is 0 Å². The minimum Gasteiger partial charge on any atom is -0.478 e. The number of anilines is 1. The SMILES string of the molecule is CCS(=O)c1cc(=O)c2cc(C)cc([C@@H](C)Nc3ccccc3C(=O)O)c2o1. The number of para-hydroxylation sites is 1. The summed E-state index contributed by atoms with van der Waals surface area (Å²) in [4.78, 5) is 24.0. The van der Waals surface area contributed by atoms with Crippen molar-refractivity contribution in [3.05, 3.63) is 69.4 Å². The molecule has 0 amide bonds. The molecule has 0 aliphatic rings. The average molecular weight is 399 g/mol. The molecule has 2 atom stereocenters. The topological polar surface area (TPSA) is 96.6 Å². The molecule has 2 N–H and O–H groups in total. The fourth-order valence-corrected chi connectivity index (χ4v) is 3.79. The Bertz CT molecular complexity index is 1140. The third-order valence-corrected chi connectivity index (χ3v) is 5.64. The summed E-state index contributed by atoms with van der Waals surface area (Å²) in [5.74, 6) is -0.688. The second-order valence-electron chi connectivity index (χ2n) is 6.51. The number of benzene rings is 2. The molecule has 3 aromatic rings. The van der Waals surface area contributed by atoms with E-state index in [2.05, 4.69) is 5.32 Å². The molecule has 7 heteroatoms. The maximum Gasteiger partial charge on any atom is 0.337 e. The van der Waals surface area contributed by atoms with Crippen LogP contribution in [0, 0.1) is 6.92 Å². The van der Waals surface area contributed by atoms with Gasteiger partial charge in [-0.05, 0) is 37.6 Å². The van der Waals surface area contributed by atoms with Crippen LogP contribution in [0.25, 0.3) is 11.0 Å². The normalized spacial score (nSPS) is 13.2. The van der Waals surface area contributed by atoms with Gasteiger partial charge in [0.2, 0.25) is 0 Å². The summed E-state index contributed by atoms with van der Waals surface area (Å²) >= 11 is 0. The summed E-state index contributed by atoms with van der Waals surface area (Å²) in [6.45, 7) is 5.48. The van der Waals surface area contributed by atoms with E-state index < -0.39 is 16.8 Å². The summed E-state index contributed by atoms with van der Waals surface area (Å²) in [5.41, 5.74) is 2.30. The Morgan fingerprint density at radius 2 is 1.96 bits per heavy atom. The molecule has 1 aromatic heterocycles. The van der Waals surface area contributed by atoms with E-state index in [1.165, 1.54) is 12.1 Å². The van der Waals surface area contributed by atoms with E-state index in [1.807, 2.05) is 19.9 Å². The monoisotopic (exact) mass is 399 g/mol. The molecule has 1 unspecified atom stereocenters. The van der Waals surface area contributed by atoms with Gasteiger partial charge in [0.25, 0.3) is 0 Å². The Hall–Kier alpha value is -2.93. The van der Waals surface area contributed by atoms with Gasteiger partial charge >= 0.3 is 5.97 Å². The summed E-state index contributed by atoms with van der Waals surface area (Å²) in [6.07, 6.45) is 0. The van der Waals surface area contributed by atoms with Crippen molar-refractivity contribution in [1.82, 2.24) is 0 Å². The first-order chi connectivity index (χ1) is 13.3. The molecular formula is C21H21NO5S. The van der Waals surface area contributed by atoms with Crippen LogP contribution in [0.4, 0.5) is 5.69 Å². The van der Waals surface area contributed by atoms with Crippen molar-refractivity contribution in [3.63, 3.8) is 0 Å². The molecule has 0 fully saturated rings.